The first-order valence-electron chi connectivity index (χ1n) is 3.62. The maximum Gasteiger partial charge on any atom is 0.119 e. The fraction of sp³-hybridized carbons (Fsp3) is 0.111. The molecule has 0 saturated heterocycles. The van der Waals surface area contributed by atoms with Gasteiger partial charge < -0.3 is 4.74 Å². The van der Waals surface area contributed by atoms with Crippen LogP contribution < -0.4 is 4.74 Å². The van der Waals surface area contributed by atoms with E-state index in [4.69, 9.17) is 16.5 Å². The molecular weight excluding hydrogens is 174 g/mol. The number of benzene rings is 1. The Morgan fingerprint density at radius 2 is 2.17 bits per heavy atom. The van der Waals surface area contributed by atoms with Gasteiger partial charge >= 0.3 is 0 Å². The van der Waals surface area contributed by atoms with E-state index >= 15 is 0 Å². The third-order valence-electron chi connectivity index (χ3n) is 1.85. The van der Waals surface area contributed by atoms with Gasteiger partial charge in [-0.05, 0) is 24.3 Å². The molecule has 2 nitrogen and oxygen atoms in total. The molecule has 0 aliphatic rings. The SMILES string of the molecule is COc1ccc2c(ccn2Cl)c1. The minimum Gasteiger partial charge on any atom is -0.497 e. The van der Waals surface area contributed by atoms with Gasteiger partial charge in [0, 0.05) is 23.4 Å². The van der Waals surface area contributed by atoms with E-state index in [0.717, 1.165) is 16.7 Å². The van der Waals surface area contributed by atoms with E-state index in [1.807, 2.05) is 30.5 Å². The molecule has 0 spiro atoms. The van der Waals surface area contributed by atoms with Gasteiger partial charge in [-0.2, -0.15) is 0 Å². The molecule has 0 radical (unpaired) electrons. The number of methoxy groups -OCH3 is 1. The number of hydrogen-bond donors (Lipinski definition) is 0. The lowest BCUT2D eigenvalue weighted by molar-refractivity contribution is 0.415. The molecule has 12 heavy (non-hydrogen) atoms. The quantitative estimate of drug-likeness (QED) is 0.660. The highest BCUT2D eigenvalue weighted by atomic mass is 35.5. The molecule has 0 atom stereocenters. The molecule has 3 heteroatoms. The second-order valence-electron chi connectivity index (χ2n) is 2.55. The summed E-state index contributed by atoms with van der Waals surface area (Å²) < 4.78 is 6.64. The lowest BCUT2D eigenvalue weighted by Gasteiger charge is -1.98. The van der Waals surface area contributed by atoms with E-state index in [9.17, 15) is 0 Å². The smallest absolute Gasteiger partial charge is 0.119 e. The monoisotopic (exact) mass is 181 g/mol. The average Bonchev–Trinajstić information content (AvgIpc) is 2.47. The second kappa shape index (κ2) is 2.72. The van der Waals surface area contributed by atoms with Gasteiger partial charge in [0.05, 0.1) is 12.6 Å². The van der Waals surface area contributed by atoms with Crippen molar-refractivity contribution in [1.29, 1.82) is 0 Å². The van der Waals surface area contributed by atoms with Gasteiger partial charge in [0.2, 0.25) is 0 Å². The van der Waals surface area contributed by atoms with Crippen LogP contribution in [0.3, 0.4) is 0 Å². The summed E-state index contributed by atoms with van der Waals surface area (Å²) in [5.41, 5.74) is 0.998. The number of fused-ring (bicyclic) bond motifs is 1. The minimum absolute atomic E-state index is 0.852. The Balaban J connectivity index is 2.69. The summed E-state index contributed by atoms with van der Waals surface area (Å²) in [4.78, 5) is 0. The van der Waals surface area contributed by atoms with Crippen LogP contribution in [-0.4, -0.2) is 11.2 Å². The van der Waals surface area contributed by atoms with Gasteiger partial charge in [0.25, 0.3) is 0 Å². The molecule has 0 amide bonds. The van der Waals surface area contributed by atoms with Crippen molar-refractivity contribution in [2.45, 2.75) is 0 Å². The summed E-state index contributed by atoms with van der Waals surface area (Å²) in [7, 11) is 1.65. The molecule has 2 aromatic rings. The summed E-state index contributed by atoms with van der Waals surface area (Å²) in [5.74, 6) is 0.852. The van der Waals surface area contributed by atoms with Gasteiger partial charge in [0.1, 0.15) is 5.75 Å². The molecule has 1 heterocycles. The number of rotatable bonds is 1. The van der Waals surface area contributed by atoms with E-state index in [2.05, 4.69) is 0 Å². The first-order valence-corrected chi connectivity index (χ1v) is 3.96. The van der Waals surface area contributed by atoms with Crippen molar-refractivity contribution in [3.8, 4) is 5.75 Å². The number of ether oxygens (including phenoxy) is 1. The second-order valence-corrected chi connectivity index (χ2v) is 2.92. The zero-order chi connectivity index (χ0) is 8.55. The van der Waals surface area contributed by atoms with Crippen molar-refractivity contribution in [2.24, 2.45) is 0 Å². The van der Waals surface area contributed by atoms with E-state index in [0.29, 0.717) is 0 Å². The Hall–Kier alpha value is -1.15. The summed E-state index contributed by atoms with van der Waals surface area (Å²) >= 11 is 5.84. The molecule has 1 aromatic heterocycles. The maximum atomic E-state index is 5.84. The van der Waals surface area contributed by atoms with Crippen LogP contribution in [0.15, 0.2) is 30.5 Å². The lowest BCUT2D eigenvalue weighted by Crippen LogP contribution is -1.81. The van der Waals surface area contributed by atoms with Crippen LogP contribution in [0.4, 0.5) is 0 Å². The predicted octanol–water partition coefficient (Wildman–Crippen LogP) is 2.65. The Kier molecular flexibility index (Phi) is 1.70. The molecule has 0 fully saturated rings. The minimum atomic E-state index is 0.852. The number of halogens is 1. The van der Waals surface area contributed by atoms with Gasteiger partial charge in [-0.3, -0.25) is 4.09 Å². The Labute approximate surface area is 75.4 Å². The first kappa shape index (κ1) is 7.50. The largest absolute Gasteiger partial charge is 0.497 e. The van der Waals surface area contributed by atoms with Gasteiger partial charge in [-0.1, -0.05) is 0 Å². The fourth-order valence-electron chi connectivity index (χ4n) is 1.21. The van der Waals surface area contributed by atoms with E-state index in [1.54, 1.807) is 11.2 Å². The normalized spacial score (nSPS) is 10.5. The zero-order valence-corrected chi connectivity index (χ0v) is 7.38. The highest BCUT2D eigenvalue weighted by Crippen LogP contribution is 2.22. The molecule has 0 unspecified atom stereocenters. The predicted molar refractivity (Wildman–Crippen MR) is 49.7 cm³/mol. The van der Waals surface area contributed by atoms with Crippen molar-refractivity contribution in [3.05, 3.63) is 30.5 Å². The fourth-order valence-corrected chi connectivity index (χ4v) is 1.42. The van der Waals surface area contributed by atoms with Crippen LogP contribution in [0.5, 0.6) is 5.75 Å². The summed E-state index contributed by atoms with van der Waals surface area (Å²) in [5, 5.41) is 1.09. The zero-order valence-electron chi connectivity index (χ0n) is 6.62. The van der Waals surface area contributed by atoms with Gasteiger partial charge in [0.15, 0.2) is 0 Å². The molecule has 0 aliphatic carbocycles. The van der Waals surface area contributed by atoms with Crippen LogP contribution in [0, 0.1) is 0 Å². The molecule has 62 valence electrons. The number of aromatic nitrogens is 1. The topological polar surface area (TPSA) is 14.2 Å². The third-order valence-corrected chi connectivity index (χ3v) is 2.14. The maximum absolute atomic E-state index is 5.84. The Bertz CT molecular complexity index is 408. The summed E-state index contributed by atoms with van der Waals surface area (Å²) in [6.45, 7) is 0. The van der Waals surface area contributed by atoms with Crippen LogP contribution in [-0.2, 0) is 0 Å². The molecule has 1 aromatic carbocycles. The van der Waals surface area contributed by atoms with Gasteiger partial charge in [-0.25, -0.2) is 0 Å². The molecule has 0 bridgehead atoms. The highest BCUT2D eigenvalue weighted by Gasteiger charge is 1.99. The summed E-state index contributed by atoms with van der Waals surface area (Å²) in [6.07, 6.45) is 1.81. The van der Waals surface area contributed by atoms with E-state index in [-0.39, 0.29) is 0 Å². The van der Waals surface area contributed by atoms with E-state index < -0.39 is 0 Å². The van der Waals surface area contributed by atoms with Crippen LogP contribution in [0.2, 0.25) is 0 Å². The van der Waals surface area contributed by atoms with Crippen molar-refractivity contribution < 1.29 is 4.74 Å². The lowest BCUT2D eigenvalue weighted by atomic mass is 10.2. The Morgan fingerprint density at radius 1 is 1.33 bits per heavy atom. The molecule has 0 saturated carbocycles. The number of nitrogens with zero attached hydrogens (tertiary/aromatic N) is 1. The van der Waals surface area contributed by atoms with Crippen LogP contribution in [0.25, 0.3) is 10.9 Å². The standard InChI is InChI=1S/C9H8ClNO/c1-12-8-2-3-9-7(6-8)4-5-11(9)10/h2-6H,1H3. The van der Waals surface area contributed by atoms with Crippen molar-refractivity contribution in [1.82, 2.24) is 4.09 Å². The first-order chi connectivity index (χ1) is 5.81. The van der Waals surface area contributed by atoms with E-state index in [1.165, 1.54) is 0 Å². The molecule has 2 rings (SSSR count). The molecule has 0 aliphatic heterocycles. The van der Waals surface area contributed by atoms with Crippen LogP contribution >= 0.6 is 11.8 Å². The average molecular weight is 182 g/mol. The third kappa shape index (κ3) is 1.04. The van der Waals surface area contributed by atoms with Crippen LogP contribution in [0.1, 0.15) is 0 Å². The van der Waals surface area contributed by atoms with Crippen molar-refractivity contribution in [2.75, 3.05) is 7.11 Å². The van der Waals surface area contributed by atoms with Gasteiger partial charge in [-0.15, -0.1) is 0 Å². The molecular formula is C9H8ClNO. The highest BCUT2D eigenvalue weighted by molar-refractivity contribution is 6.19. The Morgan fingerprint density at radius 3 is 2.92 bits per heavy atom. The summed E-state index contributed by atoms with van der Waals surface area (Å²) in [6, 6.07) is 7.72. The molecule has 0 N–H and O–H groups in total. The van der Waals surface area contributed by atoms with Crippen molar-refractivity contribution in [3.63, 3.8) is 0 Å². The number of hydrogen-bond acceptors (Lipinski definition) is 1. The van der Waals surface area contributed by atoms with Crippen molar-refractivity contribution >= 4 is 22.7 Å².